The molecule has 0 aromatic heterocycles. The van der Waals surface area contributed by atoms with Gasteiger partial charge >= 0.3 is 0 Å². The Bertz CT molecular complexity index is 400. The summed E-state index contributed by atoms with van der Waals surface area (Å²) in [7, 11) is 0. The van der Waals surface area contributed by atoms with Crippen LogP contribution in [0.15, 0.2) is 12.1 Å². The first-order valence-electron chi connectivity index (χ1n) is 6.58. The number of aryl methyl sites for hydroxylation is 1. The number of fused-ring (bicyclic) bond motifs is 1. The zero-order chi connectivity index (χ0) is 12.4. The van der Waals surface area contributed by atoms with E-state index in [-0.39, 0.29) is 0 Å². The molecule has 0 saturated heterocycles. The minimum atomic E-state index is 0.526. The maximum atomic E-state index is 5.94. The number of nitrogens with two attached hydrogens (primary N) is 1. The third-order valence-electron chi connectivity index (χ3n) is 4.07. The molecule has 17 heavy (non-hydrogen) atoms. The van der Waals surface area contributed by atoms with Crippen molar-refractivity contribution < 1.29 is 4.74 Å². The molecule has 2 rings (SSSR count). The highest BCUT2D eigenvalue weighted by Gasteiger charge is 2.25. The second-order valence-corrected chi connectivity index (χ2v) is 5.24. The van der Waals surface area contributed by atoms with E-state index in [9.17, 15) is 0 Å². The smallest absolute Gasteiger partial charge is 0.125 e. The Labute approximate surface area is 104 Å². The molecule has 94 valence electrons. The Morgan fingerprint density at radius 2 is 2.18 bits per heavy atom. The summed E-state index contributed by atoms with van der Waals surface area (Å²) in [6.07, 6.45) is 2.32. The summed E-state index contributed by atoms with van der Waals surface area (Å²) in [6.45, 7) is 8.13. The van der Waals surface area contributed by atoms with Crippen LogP contribution in [-0.4, -0.2) is 13.2 Å². The molecule has 1 aliphatic rings. The summed E-state index contributed by atoms with van der Waals surface area (Å²) in [6, 6.07) is 4.44. The van der Waals surface area contributed by atoms with E-state index in [4.69, 9.17) is 10.5 Å². The molecule has 0 fully saturated rings. The molecule has 1 heterocycles. The van der Waals surface area contributed by atoms with Gasteiger partial charge < -0.3 is 10.5 Å². The lowest BCUT2D eigenvalue weighted by Crippen LogP contribution is -2.19. The molecule has 0 aliphatic carbocycles. The average molecular weight is 233 g/mol. The number of benzene rings is 1. The fourth-order valence-corrected chi connectivity index (χ4v) is 2.68. The maximum absolute atomic E-state index is 5.94. The molecular weight excluding hydrogens is 210 g/mol. The van der Waals surface area contributed by atoms with Gasteiger partial charge in [0, 0.05) is 0 Å². The normalized spacial score (nSPS) is 21.3. The van der Waals surface area contributed by atoms with Crippen LogP contribution in [0.2, 0.25) is 0 Å². The molecule has 1 aromatic carbocycles. The van der Waals surface area contributed by atoms with Crippen LogP contribution in [0, 0.1) is 19.8 Å². The highest BCUT2D eigenvalue weighted by Crippen LogP contribution is 2.40. The largest absolute Gasteiger partial charge is 0.493 e. The fourth-order valence-electron chi connectivity index (χ4n) is 2.68. The van der Waals surface area contributed by atoms with E-state index < -0.39 is 0 Å². The van der Waals surface area contributed by atoms with Gasteiger partial charge in [0.05, 0.1) is 6.61 Å². The van der Waals surface area contributed by atoms with Gasteiger partial charge in [0.2, 0.25) is 0 Å². The first kappa shape index (κ1) is 12.4. The molecule has 1 aromatic rings. The number of rotatable bonds is 2. The second-order valence-electron chi connectivity index (χ2n) is 5.24. The number of hydrogen-bond donors (Lipinski definition) is 1. The van der Waals surface area contributed by atoms with Crippen molar-refractivity contribution >= 4 is 0 Å². The van der Waals surface area contributed by atoms with Crippen LogP contribution in [0.25, 0.3) is 0 Å². The van der Waals surface area contributed by atoms with Crippen molar-refractivity contribution in [1.82, 2.24) is 0 Å². The SMILES string of the molecule is Cc1ccc2c(c1C)OCCCC2C(C)CN. The third-order valence-corrected chi connectivity index (χ3v) is 4.07. The van der Waals surface area contributed by atoms with Gasteiger partial charge in [0.25, 0.3) is 0 Å². The highest BCUT2D eigenvalue weighted by atomic mass is 16.5. The van der Waals surface area contributed by atoms with E-state index in [1.807, 2.05) is 0 Å². The van der Waals surface area contributed by atoms with Crippen molar-refractivity contribution in [1.29, 1.82) is 0 Å². The molecule has 2 heteroatoms. The lowest BCUT2D eigenvalue weighted by molar-refractivity contribution is 0.312. The van der Waals surface area contributed by atoms with Gasteiger partial charge in [-0.2, -0.15) is 0 Å². The zero-order valence-corrected chi connectivity index (χ0v) is 11.1. The van der Waals surface area contributed by atoms with E-state index in [1.165, 1.54) is 23.1 Å². The monoisotopic (exact) mass is 233 g/mol. The van der Waals surface area contributed by atoms with Crippen LogP contribution < -0.4 is 10.5 Å². The molecule has 0 bridgehead atoms. The van der Waals surface area contributed by atoms with Gasteiger partial charge in [-0.1, -0.05) is 19.1 Å². The minimum Gasteiger partial charge on any atom is -0.493 e. The molecule has 0 amide bonds. The summed E-state index contributed by atoms with van der Waals surface area (Å²) in [5.74, 6) is 2.20. The average Bonchev–Trinajstić information content (AvgIpc) is 2.55. The Kier molecular flexibility index (Phi) is 3.72. The van der Waals surface area contributed by atoms with Crippen LogP contribution in [0.5, 0.6) is 5.75 Å². The fraction of sp³-hybridized carbons (Fsp3) is 0.600. The minimum absolute atomic E-state index is 0.526. The van der Waals surface area contributed by atoms with Crippen LogP contribution in [0.4, 0.5) is 0 Å². The van der Waals surface area contributed by atoms with Gasteiger partial charge in [0.15, 0.2) is 0 Å². The molecular formula is C15H23NO. The molecule has 2 nitrogen and oxygen atoms in total. The van der Waals surface area contributed by atoms with Crippen molar-refractivity contribution in [3.8, 4) is 5.75 Å². The van der Waals surface area contributed by atoms with Gasteiger partial charge in [-0.15, -0.1) is 0 Å². The zero-order valence-electron chi connectivity index (χ0n) is 11.1. The van der Waals surface area contributed by atoms with Gasteiger partial charge in [0.1, 0.15) is 5.75 Å². The van der Waals surface area contributed by atoms with Crippen LogP contribution in [0.3, 0.4) is 0 Å². The summed E-state index contributed by atoms with van der Waals surface area (Å²) >= 11 is 0. The van der Waals surface area contributed by atoms with Gasteiger partial charge in [-0.3, -0.25) is 0 Å². The van der Waals surface area contributed by atoms with Crippen molar-refractivity contribution in [2.45, 2.75) is 39.5 Å². The van der Waals surface area contributed by atoms with E-state index >= 15 is 0 Å². The van der Waals surface area contributed by atoms with E-state index in [0.717, 1.165) is 25.3 Å². The summed E-state index contributed by atoms with van der Waals surface area (Å²) in [4.78, 5) is 0. The van der Waals surface area contributed by atoms with E-state index in [1.54, 1.807) is 0 Å². The Hall–Kier alpha value is -1.02. The molecule has 0 spiro atoms. The molecule has 0 radical (unpaired) electrons. The quantitative estimate of drug-likeness (QED) is 0.851. The standard InChI is InChI=1S/C15H23NO/c1-10-6-7-14-13(11(2)9-16)5-4-8-17-15(14)12(10)3/h6-7,11,13H,4-5,8-9,16H2,1-3H3. The molecule has 2 atom stereocenters. The molecule has 2 unspecified atom stereocenters. The molecule has 2 N–H and O–H groups in total. The predicted molar refractivity (Wildman–Crippen MR) is 71.6 cm³/mol. The van der Waals surface area contributed by atoms with Crippen molar-refractivity contribution in [3.63, 3.8) is 0 Å². The third kappa shape index (κ3) is 2.32. The van der Waals surface area contributed by atoms with Crippen LogP contribution >= 0.6 is 0 Å². The summed E-state index contributed by atoms with van der Waals surface area (Å²) < 4.78 is 5.94. The van der Waals surface area contributed by atoms with Gasteiger partial charge in [-0.25, -0.2) is 0 Å². The van der Waals surface area contributed by atoms with Crippen LogP contribution in [-0.2, 0) is 0 Å². The first-order chi connectivity index (χ1) is 8.15. The van der Waals surface area contributed by atoms with E-state index in [0.29, 0.717) is 11.8 Å². The van der Waals surface area contributed by atoms with Crippen LogP contribution in [0.1, 0.15) is 42.4 Å². The molecule has 1 aliphatic heterocycles. The Morgan fingerprint density at radius 1 is 1.41 bits per heavy atom. The maximum Gasteiger partial charge on any atom is 0.125 e. The van der Waals surface area contributed by atoms with Crippen molar-refractivity contribution in [2.24, 2.45) is 11.7 Å². The summed E-state index contributed by atoms with van der Waals surface area (Å²) in [5, 5.41) is 0. The van der Waals surface area contributed by atoms with Crippen molar-refractivity contribution in [2.75, 3.05) is 13.2 Å². The Balaban J connectivity index is 2.46. The van der Waals surface area contributed by atoms with E-state index in [2.05, 4.69) is 32.9 Å². The number of hydrogen-bond acceptors (Lipinski definition) is 2. The highest BCUT2D eigenvalue weighted by molar-refractivity contribution is 5.47. The summed E-state index contributed by atoms with van der Waals surface area (Å²) in [5.41, 5.74) is 9.80. The Morgan fingerprint density at radius 3 is 2.88 bits per heavy atom. The lowest BCUT2D eigenvalue weighted by Gasteiger charge is -2.23. The number of ether oxygens (including phenoxy) is 1. The topological polar surface area (TPSA) is 35.2 Å². The first-order valence-corrected chi connectivity index (χ1v) is 6.58. The predicted octanol–water partition coefficient (Wildman–Crippen LogP) is 3.15. The van der Waals surface area contributed by atoms with Gasteiger partial charge in [-0.05, 0) is 61.8 Å². The van der Waals surface area contributed by atoms with Crippen molar-refractivity contribution in [3.05, 3.63) is 28.8 Å². The molecule has 0 saturated carbocycles. The lowest BCUT2D eigenvalue weighted by atomic mass is 9.82. The second kappa shape index (κ2) is 5.09.